The SMILES string of the molecule is C=C1CCN(C(=O)OC(C)(C)C)CC1O[Si](C)(C)C(C)(C)C. The van der Waals surface area contributed by atoms with Crippen LogP contribution in [0.1, 0.15) is 48.0 Å². The molecule has 0 aliphatic carbocycles. The van der Waals surface area contributed by atoms with Gasteiger partial charge in [0.1, 0.15) is 5.60 Å². The first-order valence-corrected chi connectivity index (χ1v) is 11.0. The average Bonchev–Trinajstić information content (AvgIpc) is 2.27. The number of amides is 1. The number of ether oxygens (including phenoxy) is 1. The fourth-order valence-corrected chi connectivity index (χ4v) is 3.31. The molecule has 1 rings (SSSR count). The molecule has 1 atom stereocenters. The van der Waals surface area contributed by atoms with Gasteiger partial charge in [-0.25, -0.2) is 4.79 Å². The number of likely N-dealkylation sites (tertiary alicyclic amines) is 1. The first-order valence-electron chi connectivity index (χ1n) is 8.06. The Morgan fingerprint density at radius 2 is 1.77 bits per heavy atom. The van der Waals surface area contributed by atoms with Crippen molar-refractivity contribution in [1.82, 2.24) is 4.90 Å². The van der Waals surface area contributed by atoms with E-state index in [1.807, 2.05) is 20.8 Å². The molecule has 0 spiro atoms. The molecule has 0 saturated carbocycles. The third kappa shape index (κ3) is 5.13. The third-order valence-electron chi connectivity index (χ3n) is 4.44. The van der Waals surface area contributed by atoms with Gasteiger partial charge < -0.3 is 14.1 Å². The molecular formula is C17H33NO3Si. The van der Waals surface area contributed by atoms with Crippen LogP contribution in [0.5, 0.6) is 0 Å². The molecule has 1 unspecified atom stereocenters. The van der Waals surface area contributed by atoms with Gasteiger partial charge in [-0.2, -0.15) is 0 Å². The number of carbonyl (C=O) groups excluding carboxylic acids is 1. The van der Waals surface area contributed by atoms with Crippen LogP contribution >= 0.6 is 0 Å². The standard InChI is InChI=1S/C17H33NO3Si/c1-13-10-11-18(15(19)20-16(2,3)4)12-14(13)21-22(8,9)17(5,6)7/h14H,1,10-12H2,2-9H3. The summed E-state index contributed by atoms with van der Waals surface area (Å²) >= 11 is 0. The number of hydrogen-bond donors (Lipinski definition) is 0. The number of hydrogen-bond acceptors (Lipinski definition) is 3. The Hall–Kier alpha value is -0.813. The van der Waals surface area contributed by atoms with E-state index in [9.17, 15) is 4.79 Å². The summed E-state index contributed by atoms with van der Waals surface area (Å²) in [6, 6.07) is 0. The molecule has 0 aromatic rings. The van der Waals surface area contributed by atoms with Gasteiger partial charge in [0.2, 0.25) is 0 Å². The zero-order chi connectivity index (χ0) is 17.3. The van der Waals surface area contributed by atoms with Gasteiger partial charge >= 0.3 is 6.09 Å². The van der Waals surface area contributed by atoms with Crippen LogP contribution in [0.2, 0.25) is 18.1 Å². The van der Waals surface area contributed by atoms with Gasteiger partial charge in [0.25, 0.3) is 0 Å². The van der Waals surface area contributed by atoms with Crippen LogP contribution in [-0.2, 0) is 9.16 Å². The van der Waals surface area contributed by atoms with Crippen molar-refractivity contribution in [3.8, 4) is 0 Å². The maximum Gasteiger partial charge on any atom is 0.410 e. The zero-order valence-electron chi connectivity index (χ0n) is 15.6. The normalized spacial score (nSPS) is 21.0. The van der Waals surface area contributed by atoms with Crippen LogP contribution in [0.25, 0.3) is 0 Å². The maximum atomic E-state index is 12.3. The molecule has 1 amide bonds. The van der Waals surface area contributed by atoms with E-state index < -0.39 is 13.9 Å². The summed E-state index contributed by atoms with van der Waals surface area (Å²) in [6.07, 6.45) is 0.435. The molecule has 0 aromatic carbocycles. The number of carbonyl (C=O) groups is 1. The lowest BCUT2D eigenvalue weighted by molar-refractivity contribution is 0.0137. The minimum absolute atomic E-state index is 0.0813. The molecule has 128 valence electrons. The summed E-state index contributed by atoms with van der Waals surface area (Å²) < 4.78 is 11.9. The first kappa shape index (κ1) is 19.2. The van der Waals surface area contributed by atoms with Crippen molar-refractivity contribution in [1.29, 1.82) is 0 Å². The molecule has 1 heterocycles. The minimum Gasteiger partial charge on any atom is -0.444 e. The summed E-state index contributed by atoms with van der Waals surface area (Å²) in [4.78, 5) is 14.0. The van der Waals surface area contributed by atoms with E-state index in [4.69, 9.17) is 9.16 Å². The van der Waals surface area contributed by atoms with Crippen molar-refractivity contribution in [2.24, 2.45) is 0 Å². The van der Waals surface area contributed by atoms with Crippen molar-refractivity contribution in [2.75, 3.05) is 13.1 Å². The summed E-state index contributed by atoms with van der Waals surface area (Å²) in [5, 5.41) is 0.140. The van der Waals surface area contributed by atoms with Crippen LogP contribution in [0.4, 0.5) is 4.79 Å². The lowest BCUT2D eigenvalue weighted by Crippen LogP contribution is -2.51. The molecule has 22 heavy (non-hydrogen) atoms. The highest BCUT2D eigenvalue weighted by atomic mass is 28.4. The highest BCUT2D eigenvalue weighted by molar-refractivity contribution is 6.74. The van der Waals surface area contributed by atoms with E-state index in [0.29, 0.717) is 13.1 Å². The molecule has 4 nitrogen and oxygen atoms in total. The second-order valence-corrected chi connectivity index (χ2v) is 13.5. The van der Waals surface area contributed by atoms with E-state index in [-0.39, 0.29) is 17.2 Å². The topological polar surface area (TPSA) is 38.8 Å². The van der Waals surface area contributed by atoms with E-state index in [1.165, 1.54) is 0 Å². The van der Waals surface area contributed by atoms with Crippen LogP contribution in [0.15, 0.2) is 12.2 Å². The smallest absolute Gasteiger partial charge is 0.410 e. The summed E-state index contributed by atoms with van der Waals surface area (Å²) in [6.45, 7) is 22.1. The van der Waals surface area contributed by atoms with Crippen molar-refractivity contribution in [3.63, 3.8) is 0 Å². The fourth-order valence-electron chi connectivity index (χ4n) is 2.01. The van der Waals surface area contributed by atoms with Gasteiger partial charge in [0.15, 0.2) is 8.32 Å². The van der Waals surface area contributed by atoms with Crippen molar-refractivity contribution < 1.29 is 14.0 Å². The molecule has 1 fully saturated rings. The molecule has 1 aliphatic heterocycles. The highest BCUT2D eigenvalue weighted by Gasteiger charge is 2.41. The summed E-state index contributed by atoms with van der Waals surface area (Å²) in [5.41, 5.74) is 0.617. The molecule has 0 N–H and O–H groups in total. The molecular weight excluding hydrogens is 294 g/mol. The Labute approximate surface area is 137 Å². The highest BCUT2D eigenvalue weighted by Crippen LogP contribution is 2.38. The molecule has 1 aliphatic rings. The summed E-state index contributed by atoms with van der Waals surface area (Å²) in [5.74, 6) is 0. The van der Waals surface area contributed by atoms with Crippen LogP contribution in [-0.4, -0.2) is 44.1 Å². The van der Waals surface area contributed by atoms with Crippen molar-refractivity contribution >= 4 is 14.4 Å². The Bertz CT molecular complexity index is 432. The van der Waals surface area contributed by atoms with Crippen LogP contribution < -0.4 is 0 Å². The second-order valence-electron chi connectivity index (χ2n) is 8.70. The first-order chi connectivity index (χ1) is 9.73. The molecule has 0 radical (unpaired) electrons. The lowest BCUT2D eigenvalue weighted by Gasteiger charge is -2.43. The lowest BCUT2D eigenvalue weighted by atomic mass is 10.0. The third-order valence-corrected chi connectivity index (χ3v) is 8.93. The van der Waals surface area contributed by atoms with Gasteiger partial charge in [0, 0.05) is 6.54 Å². The molecule has 1 saturated heterocycles. The van der Waals surface area contributed by atoms with Gasteiger partial charge in [-0.3, -0.25) is 0 Å². The van der Waals surface area contributed by atoms with Crippen molar-refractivity contribution in [2.45, 2.75) is 77.8 Å². The monoisotopic (exact) mass is 327 g/mol. The van der Waals surface area contributed by atoms with Crippen LogP contribution in [0, 0.1) is 0 Å². The van der Waals surface area contributed by atoms with Gasteiger partial charge in [-0.1, -0.05) is 27.4 Å². The minimum atomic E-state index is -1.88. The molecule has 5 heteroatoms. The Morgan fingerprint density at radius 1 is 1.23 bits per heavy atom. The Balaban J connectivity index is 2.76. The fraction of sp³-hybridized carbons (Fsp3) is 0.824. The maximum absolute atomic E-state index is 12.3. The average molecular weight is 328 g/mol. The summed E-state index contributed by atoms with van der Waals surface area (Å²) in [7, 11) is -1.88. The number of rotatable bonds is 2. The van der Waals surface area contributed by atoms with Crippen molar-refractivity contribution in [3.05, 3.63) is 12.2 Å². The number of nitrogens with zero attached hydrogens (tertiary/aromatic N) is 1. The van der Waals surface area contributed by atoms with Gasteiger partial charge in [0.05, 0.1) is 12.6 Å². The van der Waals surface area contributed by atoms with E-state index in [1.54, 1.807) is 4.90 Å². The zero-order valence-corrected chi connectivity index (χ0v) is 16.6. The van der Waals surface area contributed by atoms with Gasteiger partial charge in [-0.05, 0) is 50.9 Å². The van der Waals surface area contributed by atoms with Gasteiger partial charge in [-0.15, -0.1) is 0 Å². The Morgan fingerprint density at radius 3 is 2.23 bits per heavy atom. The van der Waals surface area contributed by atoms with E-state index in [2.05, 4.69) is 40.4 Å². The molecule has 0 bridgehead atoms. The number of piperidine rings is 1. The largest absolute Gasteiger partial charge is 0.444 e. The van der Waals surface area contributed by atoms with E-state index in [0.717, 1.165) is 12.0 Å². The second kappa shape index (κ2) is 6.36. The predicted octanol–water partition coefficient (Wildman–Crippen LogP) is 4.57. The van der Waals surface area contributed by atoms with E-state index >= 15 is 0 Å². The Kier molecular flexibility index (Phi) is 5.56. The quantitative estimate of drug-likeness (QED) is 0.551. The molecule has 0 aromatic heterocycles. The van der Waals surface area contributed by atoms with Crippen LogP contribution in [0.3, 0.4) is 0 Å². The predicted molar refractivity (Wildman–Crippen MR) is 93.6 cm³/mol.